The van der Waals surface area contributed by atoms with Crippen molar-refractivity contribution in [2.75, 3.05) is 11.4 Å². The molecule has 3 aromatic heterocycles. The van der Waals surface area contributed by atoms with E-state index in [1.165, 1.54) is 16.9 Å². The normalized spacial score (nSPS) is 10.9. The quantitative estimate of drug-likeness (QED) is 0.426. The van der Waals surface area contributed by atoms with E-state index >= 15 is 0 Å². The predicted molar refractivity (Wildman–Crippen MR) is 115 cm³/mol. The number of rotatable bonds is 8. The van der Waals surface area contributed by atoms with Crippen molar-refractivity contribution >= 4 is 28.6 Å². The van der Waals surface area contributed by atoms with Crippen LogP contribution >= 0.6 is 22.7 Å². The van der Waals surface area contributed by atoms with Gasteiger partial charge in [-0.2, -0.15) is 0 Å². The van der Waals surface area contributed by atoms with Gasteiger partial charge in [0.05, 0.1) is 5.69 Å². The smallest absolute Gasteiger partial charge is 0.225 e. The lowest BCUT2D eigenvalue weighted by atomic mass is 10.1. The van der Waals surface area contributed by atoms with Gasteiger partial charge in [-0.3, -0.25) is 0 Å². The summed E-state index contributed by atoms with van der Waals surface area (Å²) in [6, 6.07) is 8.56. The Bertz CT molecular complexity index is 965. The van der Waals surface area contributed by atoms with Crippen molar-refractivity contribution in [2.24, 2.45) is 0 Å². The fraction of sp³-hybridized carbons (Fsp3) is 0.238. The third-order valence-corrected chi connectivity index (χ3v) is 5.87. The summed E-state index contributed by atoms with van der Waals surface area (Å²) < 4.78 is 0. The summed E-state index contributed by atoms with van der Waals surface area (Å²) in [7, 11) is 0. The maximum atomic E-state index is 4.59. The maximum Gasteiger partial charge on any atom is 0.225 e. The Kier molecular flexibility index (Phi) is 6.04. The van der Waals surface area contributed by atoms with E-state index in [1.807, 2.05) is 29.4 Å². The lowest BCUT2D eigenvalue weighted by Gasteiger charge is -2.22. The highest BCUT2D eigenvalue weighted by Crippen LogP contribution is 2.23. The van der Waals surface area contributed by atoms with Gasteiger partial charge >= 0.3 is 0 Å². The Morgan fingerprint density at radius 3 is 2.50 bits per heavy atom. The van der Waals surface area contributed by atoms with Crippen LogP contribution < -0.4 is 4.90 Å². The average molecular weight is 407 g/mol. The highest BCUT2D eigenvalue weighted by molar-refractivity contribution is 7.13. The number of aromatic nitrogens is 4. The van der Waals surface area contributed by atoms with E-state index in [2.05, 4.69) is 61.5 Å². The zero-order chi connectivity index (χ0) is 19.2. The lowest BCUT2D eigenvalue weighted by molar-refractivity contribution is 0.742. The van der Waals surface area contributed by atoms with Gasteiger partial charge in [0, 0.05) is 54.4 Å². The summed E-state index contributed by atoms with van der Waals surface area (Å²) in [5.41, 5.74) is 7.47. The topological polar surface area (TPSA) is 54.8 Å². The standard InChI is InChI=1S/C21H20N5S2/c1-2-16-11-23-21(24-12-16)26(9-7-19-14-27-15-25-19)13-17-3-5-18(6-4-17)20-22-8-10-28-20/h3-6,8,10-12,14H,2,7,9,13H2,1H3. The Morgan fingerprint density at radius 2 is 1.86 bits per heavy atom. The van der Waals surface area contributed by atoms with Crippen LogP contribution in [0.3, 0.4) is 0 Å². The number of thiazole rings is 2. The second kappa shape index (κ2) is 9.03. The van der Waals surface area contributed by atoms with Crippen LogP contribution in [0.25, 0.3) is 10.6 Å². The number of nitrogens with zero attached hydrogens (tertiary/aromatic N) is 5. The van der Waals surface area contributed by atoms with Crippen molar-refractivity contribution in [1.29, 1.82) is 0 Å². The summed E-state index contributed by atoms with van der Waals surface area (Å²) in [6.45, 7) is 3.66. The van der Waals surface area contributed by atoms with Gasteiger partial charge in [-0.15, -0.1) is 22.7 Å². The molecular weight excluding hydrogens is 386 g/mol. The highest BCUT2D eigenvalue weighted by atomic mass is 32.1. The summed E-state index contributed by atoms with van der Waals surface area (Å²) in [4.78, 5) is 20.0. The Hall–Kier alpha value is -2.64. The van der Waals surface area contributed by atoms with Gasteiger partial charge in [0.25, 0.3) is 0 Å². The van der Waals surface area contributed by atoms with Gasteiger partial charge in [0.15, 0.2) is 5.51 Å². The van der Waals surface area contributed by atoms with E-state index in [-0.39, 0.29) is 0 Å². The average Bonchev–Trinajstić information content (AvgIpc) is 3.46. The summed E-state index contributed by atoms with van der Waals surface area (Å²) >= 11 is 3.16. The fourth-order valence-corrected chi connectivity index (χ4v) is 4.03. The van der Waals surface area contributed by atoms with Gasteiger partial charge in [-0.05, 0) is 17.5 Å². The number of anilines is 1. The van der Waals surface area contributed by atoms with Crippen LogP contribution in [0.5, 0.6) is 0 Å². The molecule has 0 aliphatic rings. The molecule has 0 unspecified atom stereocenters. The number of aryl methyl sites for hydroxylation is 1. The number of benzene rings is 1. The van der Waals surface area contributed by atoms with Crippen molar-refractivity contribution in [1.82, 2.24) is 19.9 Å². The lowest BCUT2D eigenvalue weighted by Crippen LogP contribution is -2.27. The monoisotopic (exact) mass is 406 g/mol. The first-order valence-electron chi connectivity index (χ1n) is 9.17. The molecule has 1 radical (unpaired) electrons. The van der Waals surface area contributed by atoms with Gasteiger partial charge in [0.1, 0.15) is 5.01 Å². The molecule has 0 saturated carbocycles. The molecular formula is C21H20N5S2. The summed E-state index contributed by atoms with van der Waals surface area (Å²) in [5.74, 6) is 0.750. The first-order valence-corrected chi connectivity index (χ1v) is 10.9. The molecule has 0 atom stereocenters. The molecule has 0 aliphatic carbocycles. The first kappa shape index (κ1) is 18.7. The molecule has 4 aromatic rings. The van der Waals surface area contributed by atoms with Crippen LogP contribution in [-0.4, -0.2) is 26.5 Å². The second-order valence-electron chi connectivity index (χ2n) is 6.38. The second-order valence-corrected chi connectivity index (χ2v) is 7.93. The molecule has 1 aromatic carbocycles. The maximum absolute atomic E-state index is 4.59. The fourth-order valence-electron chi connectivity index (χ4n) is 2.85. The predicted octanol–water partition coefficient (Wildman–Crippen LogP) is 4.67. The van der Waals surface area contributed by atoms with Crippen LogP contribution in [0, 0.1) is 5.51 Å². The van der Waals surface area contributed by atoms with Crippen LogP contribution in [0.15, 0.2) is 53.6 Å². The van der Waals surface area contributed by atoms with Crippen LogP contribution in [0.4, 0.5) is 5.95 Å². The molecule has 3 heterocycles. The minimum atomic E-state index is 0.747. The van der Waals surface area contributed by atoms with E-state index in [4.69, 9.17) is 0 Å². The Balaban J connectivity index is 1.51. The zero-order valence-electron chi connectivity index (χ0n) is 15.6. The SMILES string of the molecule is CCc1cnc(N(CCc2cs[c]n2)Cc2ccc(-c3nccs3)cc2)nc1. The van der Waals surface area contributed by atoms with Gasteiger partial charge in [0.2, 0.25) is 5.95 Å². The molecule has 0 bridgehead atoms. The van der Waals surface area contributed by atoms with E-state index in [1.54, 1.807) is 11.3 Å². The van der Waals surface area contributed by atoms with Crippen molar-refractivity contribution in [3.63, 3.8) is 0 Å². The molecule has 7 heteroatoms. The molecule has 141 valence electrons. The molecule has 5 nitrogen and oxygen atoms in total. The van der Waals surface area contributed by atoms with Crippen molar-refractivity contribution in [2.45, 2.75) is 26.3 Å². The van der Waals surface area contributed by atoms with E-state index < -0.39 is 0 Å². The minimum absolute atomic E-state index is 0.747. The Labute approximate surface area is 172 Å². The molecule has 0 fully saturated rings. The van der Waals surface area contributed by atoms with Crippen molar-refractivity contribution in [3.8, 4) is 10.6 Å². The molecule has 0 N–H and O–H groups in total. The van der Waals surface area contributed by atoms with Crippen LogP contribution in [0.2, 0.25) is 0 Å². The van der Waals surface area contributed by atoms with E-state index in [9.17, 15) is 0 Å². The molecule has 0 amide bonds. The van der Waals surface area contributed by atoms with Crippen LogP contribution in [-0.2, 0) is 19.4 Å². The third kappa shape index (κ3) is 4.61. The highest BCUT2D eigenvalue weighted by Gasteiger charge is 2.12. The van der Waals surface area contributed by atoms with Crippen LogP contribution in [0.1, 0.15) is 23.7 Å². The number of hydrogen-bond acceptors (Lipinski definition) is 7. The summed E-state index contributed by atoms with van der Waals surface area (Å²) in [5, 5.41) is 5.09. The van der Waals surface area contributed by atoms with Crippen molar-refractivity contribution in [3.05, 3.63) is 75.9 Å². The largest absolute Gasteiger partial charge is 0.336 e. The molecule has 0 spiro atoms. The van der Waals surface area contributed by atoms with Gasteiger partial charge in [-0.25, -0.2) is 19.9 Å². The molecule has 4 rings (SSSR count). The number of hydrogen-bond donors (Lipinski definition) is 0. The molecule has 0 saturated heterocycles. The minimum Gasteiger partial charge on any atom is -0.336 e. The third-order valence-electron chi connectivity index (χ3n) is 4.46. The van der Waals surface area contributed by atoms with Gasteiger partial charge < -0.3 is 4.90 Å². The van der Waals surface area contributed by atoms with E-state index in [0.717, 1.165) is 53.7 Å². The van der Waals surface area contributed by atoms with Gasteiger partial charge in [-0.1, -0.05) is 31.2 Å². The zero-order valence-corrected chi connectivity index (χ0v) is 17.2. The van der Waals surface area contributed by atoms with Crippen molar-refractivity contribution < 1.29 is 0 Å². The first-order chi connectivity index (χ1) is 13.8. The van der Waals surface area contributed by atoms with E-state index in [0.29, 0.717) is 0 Å². The molecule has 0 aliphatic heterocycles. The Morgan fingerprint density at radius 1 is 1.04 bits per heavy atom. The molecule has 28 heavy (non-hydrogen) atoms. The summed E-state index contributed by atoms with van der Waals surface area (Å²) in [6.07, 6.45) is 7.45.